The summed E-state index contributed by atoms with van der Waals surface area (Å²) in [7, 11) is 0. The lowest BCUT2D eigenvalue weighted by Gasteiger charge is -2.01. The van der Waals surface area contributed by atoms with E-state index in [0.29, 0.717) is 10.8 Å². The molecule has 0 aliphatic rings. The Morgan fingerprint density at radius 1 is 1.57 bits per heavy atom. The highest BCUT2D eigenvalue weighted by molar-refractivity contribution is 7.13. The van der Waals surface area contributed by atoms with Crippen molar-refractivity contribution in [3.63, 3.8) is 0 Å². The third-order valence-corrected chi connectivity index (χ3v) is 3.07. The Bertz CT molecular complexity index is 331. The molecule has 1 aromatic rings. The van der Waals surface area contributed by atoms with Crippen LogP contribution in [-0.2, 0) is 12.8 Å². The van der Waals surface area contributed by atoms with Crippen molar-refractivity contribution in [3.8, 4) is 0 Å². The standard InChI is InChI=1S/C10H15NO2S/c1-4-8-11-7(5-6(2)3)9(14-8)10(12)13/h6H,4-5H2,1-3H3,(H,12,13). The summed E-state index contributed by atoms with van der Waals surface area (Å²) in [6.07, 6.45) is 1.56. The number of carboxylic acid groups (broad SMARTS) is 1. The normalized spacial score (nSPS) is 10.9. The van der Waals surface area contributed by atoms with Crippen molar-refractivity contribution in [3.05, 3.63) is 15.6 Å². The summed E-state index contributed by atoms with van der Waals surface area (Å²) in [6.45, 7) is 6.12. The van der Waals surface area contributed by atoms with Crippen LogP contribution in [-0.4, -0.2) is 16.1 Å². The quantitative estimate of drug-likeness (QED) is 0.836. The highest BCUT2D eigenvalue weighted by atomic mass is 32.1. The van der Waals surface area contributed by atoms with Gasteiger partial charge in [0.1, 0.15) is 4.88 Å². The van der Waals surface area contributed by atoms with E-state index in [-0.39, 0.29) is 0 Å². The fourth-order valence-corrected chi connectivity index (χ4v) is 2.11. The van der Waals surface area contributed by atoms with Gasteiger partial charge in [-0.05, 0) is 18.8 Å². The molecular weight excluding hydrogens is 198 g/mol. The van der Waals surface area contributed by atoms with Gasteiger partial charge < -0.3 is 5.11 Å². The smallest absolute Gasteiger partial charge is 0.347 e. The molecule has 0 aliphatic heterocycles. The number of aromatic carboxylic acids is 1. The summed E-state index contributed by atoms with van der Waals surface area (Å²) < 4.78 is 0. The van der Waals surface area contributed by atoms with Crippen molar-refractivity contribution in [2.24, 2.45) is 5.92 Å². The number of nitrogens with zero attached hydrogens (tertiary/aromatic N) is 1. The van der Waals surface area contributed by atoms with E-state index in [0.717, 1.165) is 23.5 Å². The molecule has 0 atom stereocenters. The van der Waals surface area contributed by atoms with E-state index in [1.165, 1.54) is 11.3 Å². The van der Waals surface area contributed by atoms with E-state index in [1.807, 2.05) is 6.92 Å². The Morgan fingerprint density at radius 3 is 2.64 bits per heavy atom. The predicted molar refractivity (Wildman–Crippen MR) is 57.0 cm³/mol. The number of aryl methyl sites for hydroxylation is 1. The third-order valence-electron chi connectivity index (χ3n) is 1.84. The third kappa shape index (κ3) is 2.54. The van der Waals surface area contributed by atoms with Gasteiger partial charge in [0.25, 0.3) is 0 Å². The zero-order chi connectivity index (χ0) is 10.7. The van der Waals surface area contributed by atoms with Gasteiger partial charge in [0.05, 0.1) is 10.7 Å². The molecule has 1 aromatic heterocycles. The zero-order valence-corrected chi connectivity index (χ0v) is 9.52. The summed E-state index contributed by atoms with van der Waals surface area (Å²) in [4.78, 5) is 15.6. The van der Waals surface area contributed by atoms with Crippen molar-refractivity contribution in [1.82, 2.24) is 4.98 Å². The van der Waals surface area contributed by atoms with Crippen LogP contribution in [0.4, 0.5) is 0 Å². The van der Waals surface area contributed by atoms with Crippen molar-refractivity contribution in [2.45, 2.75) is 33.6 Å². The van der Waals surface area contributed by atoms with E-state index >= 15 is 0 Å². The van der Waals surface area contributed by atoms with Gasteiger partial charge in [-0.1, -0.05) is 20.8 Å². The molecule has 1 rings (SSSR count). The summed E-state index contributed by atoms with van der Waals surface area (Å²) >= 11 is 1.30. The molecule has 0 saturated carbocycles. The fourth-order valence-electron chi connectivity index (χ4n) is 1.24. The Labute approximate surface area is 87.8 Å². The average Bonchev–Trinajstić information content (AvgIpc) is 2.46. The number of rotatable bonds is 4. The van der Waals surface area contributed by atoms with E-state index in [1.54, 1.807) is 0 Å². The fraction of sp³-hybridized carbons (Fsp3) is 0.600. The maximum Gasteiger partial charge on any atom is 0.347 e. The second-order valence-electron chi connectivity index (χ2n) is 3.64. The highest BCUT2D eigenvalue weighted by Gasteiger charge is 2.16. The maximum absolute atomic E-state index is 10.9. The van der Waals surface area contributed by atoms with Gasteiger partial charge in [0.15, 0.2) is 0 Å². The van der Waals surface area contributed by atoms with Crippen LogP contribution in [0.3, 0.4) is 0 Å². The number of hydrogen-bond donors (Lipinski definition) is 1. The topological polar surface area (TPSA) is 50.2 Å². The predicted octanol–water partition coefficient (Wildman–Crippen LogP) is 2.60. The summed E-state index contributed by atoms with van der Waals surface area (Å²) in [6, 6.07) is 0. The van der Waals surface area contributed by atoms with Gasteiger partial charge in [0, 0.05) is 0 Å². The van der Waals surface area contributed by atoms with Gasteiger partial charge in [0.2, 0.25) is 0 Å². The lowest BCUT2D eigenvalue weighted by atomic mass is 10.1. The van der Waals surface area contributed by atoms with Crippen molar-refractivity contribution in [2.75, 3.05) is 0 Å². The average molecular weight is 213 g/mol. The van der Waals surface area contributed by atoms with Crippen LogP contribution in [0.5, 0.6) is 0 Å². The minimum Gasteiger partial charge on any atom is -0.477 e. The van der Waals surface area contributed by atoms with Crippen LogP contribution < -0.4 is 0 Å². The number of hydrogen-bond acceptors (Lipinski definition) is 3. The van der Waals surface area contributed by atoms with Crippen LogP contribution in [0.25, 0.3) is 0 Å². The highest BCUT2D eigenvalue weighted by Crippen LogP contribution is 2.21. The molecule has 0 unspecified atom stereocenters. The lowest BCUT2D eigenvalue weighted by molar-refractivity contribution is 0.0700. The molecule has 0 radical (unpaired) electrons. The molecule has 0 aliphatic carbocycles. The monoisotopic (exact) mass is 213 g/mol. The van der Waals surface area contributed by atoms with Gasteiger partial charge in [-0.15, -0.1) is 11.3 Å². The minimum atomic E-state index is -0.849. The second kappa shape index (κ2) is 4.55. The number of thiazole rings is 1. The largest absolute Gasteiger partial charge is 0.477 e. The molecule has 3 nitrogen and oxygen atoms in total. The molecule has 0 saturated heterocycles. The van der Waals surface area contributed by atoms with Crippen LogP contribution in [0.2, 0.25) is 0 Å². The first-order valence-corrected chi connectivity index (χ1v) is 5.58. The first-order chi connectivity index (χ1) is 6.54. The molecule has 0 bridgehead atoms. The summed E-state index contributed by atoms with van der Waals surface area (Å²) in [5.74, 6) is -0.405. The molecule has 78 valence electrons. The SMILES string of the molecule is CCc1nc(CC(C)C)c(C(=O)O)s1. The summed E-state index contributed by atoms with van der Waals surface area (Å²) in [5.41, 5.74) is 0.745. The minimum absolute atomic E-state index is 0.413. The lowest BCUT2D eigenvalue weighted by Crippen LogP contribution is -2.02. The van der Waals surface area contributed by atoms with E-state index in [9.17, 15) is 4.79 Å². The van der Waals surface area contributed by atoms with Crippen molar-refractivity contribution >= 4 is 17.3 Å². The molecular formula is C10H15NO2S. The van der Waals surface area contributed by atoms with Gasteiger partial charge >= 0.3 is 5.97 Å². The molecule has 4 heteroatoms. The van der Waals surface area contributed by atoms with Crippen LogP contribution >= 0.6 is 11.3 Å². The number of carbonyl (C=O) groups is 1. The molecule has 0 aromatic carbocycles. The number of carboxylic acids is 1. The van der Waals surface area contributed by atoms with Crippen LogP contribution in [0.15, 0.2) is 0 Å². The Kier molecular flexibility index (Phi) is 3.63. The van der Waals surface area contributed by atoms with Crippen molar-refractivity contribution in [1.29, 1.82) is 0 Å². The van der Waals surface area contributed by atoms with Crippen LogP contribution in [0, 0.1) is 5.92 Å². The maximum atomic E-state index is 10.9. The first kappa shape index (κ1) is 11.2. The first-order valence-electron chi connectivity index (χ1n) is 4.76. The number of aromatic nitrogens is 1. The van der Waals surface area contributed by atoms with Gasteiger partial charge in [-0.3, -0.25) is 0 Å². The molecule has 1 N–H and O–H groups in total. The Balaban J connectivity index is 2.99. The van der Waals surface area contributed by atoms with Crippen LogP contribution in [0.1, 0.15) is 41.1 Å². The molecule has 0 amide bonds. The van der Waals surface area contributed by atoms with E-state index in [4.69, 9.17) is 5.11 Å². The molecule has 1 heterocycles. The molecule has 14 heavy (non-hydrogen) atoms. The van der Waals surface area contributed by atoms with Gasteiger partial charge in [-0.25, -0.2) is 9.78 Å². The second-order valence-corrected chi connectivity index (χ2v) is 4.72. The molecule has 0 fully saturated rings. The van der Waals surface area contributed by atoms with E-state index in [2.05, 4.69) is 18.8 Å². The van der Waals surface area contributed by atoms with Crippen molar-refractivity contribution < 1.29 is 9.90 Å². The van der Waals surface area contributed by atoms with Gasteiger partial charge in [-0.2, -0.15) is 0 Å². The zero-order valence-electron chi connectivity index (χ0n) is 8.70. The molecule has 0 spiro atoms. The van der Waals surface area contributed by atoms with E-state index < -0.39 is 5.97 Å². The Morgan fingerprint density at radius 2 is 2.21 bits per heavy atom. The Hall–Kier alpha value is -0.900. The summed E-state index contributed by atoms with van der Waals surface area (Å²) in [5, 5.41) is 9.87.